The second-order valence-electron chi connectivity index (χ2n) is 4.56. The minimum Gasteiger partial charge on any atom is -0.508 e. The number of aromatic hydroxyl groups is 2. The van der Waals surface area contributed by atoms with Gasteiger partial charge in [0.1, 0.15) is 11.5 Å². The van der Waals surface area contributed by atoms with Gasteiger partial charge in [-0.25, -0.2) is 0 Å². The third-order valence-electron chi connectivity index (χ3n) is 2.98. The van der Waals surface area contributed by atoms with Crippen LogP contribution in [0, 0.1) is 0 Å². The van der Waals surface area contributed by atoms with Crippen molar-refractivity contribution in [3.8, 4) is 11.5 Å². The van der Waals surface area contributed by atoms with Crippen molar-refractivity contribution < 1.29 is 10.2 Å². The average molecular weight is 254 g/mol. The Morgan fingerprint density at radius 2 is 1.53 bits per heavy atom. The van der Waals surface area contributed by atoms with Crippen molar-refractivity contribution in [3.05, 3.63) is 59.2 Å². The van der Waals surface area contributed by atoms with Crippen LogP contribution < -0.4 is 0 Å². The van der Waals surface area contributed by atoms with Crippen LogP contribution in [0.5, 0.6) is 11.5 Å². The molecular weight excluding hydrogens is 236 g/mol. The van der Waals surface area contributed by atoms with Gasteiger partial charge in [-0.05, 0) is 47.4 Å². The molecule has 0 aromatic heterocycles. The van der Waals surface area contributed by atoms with Gasteiger partial charge in [-0.15, -0.1) is 0 Å². The number of rotatable bonds is 4. The third kappa shape index (κ3) is 3.62. The van der Waals surface area contributed by atoms with Crippen LogP contribution in [-0.2, 0) is 6.42 Å². The smallest absolute Gasteiger partial charge is 0.118 e. The second-order valence-corrected chi connectivity index (χ2v) is 4.56. The molecule has 0 unspecified atom stereocenters. The fourth-order valence-corrected chi connectivity index (χ4v) is 1.96. The maximum atomic E-state index is 9.73. The molecule has 0 saturated heterocycles. The summed E-state index contributed by atoms with van der Waals surface area (Å²) in [5.41, 5.74) is 3.08. The number of benzene rings is 2. The van der Waals surface area contributed by atoms with Crippen LogP contribution in [0.25, 0.3) is 12.2 Å². The summed E-state index contributed by atoms with van der Waals surface area (Å²) < 4.78 is 0. The summed E-state index contributed by atoms with van der Waals surface area (Å²) in [6.45, 7) is 2.10. The first-order valence-corrected chi connectivity index (χ1v) is 6.48. The highest BCUT2D eigenvalue weighted by atomic mass is 16.3. The molecule has 0 amide bonds. The predicted molar refractivity (Wildman–Crippen MR) is 79.1 cm³/mol. The van der Waals surface area contributed by atoms with Gasteiger partial charge in [-0.1, -0.05) is 43.7 Å². The lowest BCUT2D eigenvalue weighted by Gasteiger charge is -2.04. The largest absolute Gasteiger partial charge is 0.508 e. The molecule has 19 heavy (non-hydrogen) atoms. The summed E-state index contributed by atoms with van der Waals surface area (Å²) >= 11 is 0. The van der Waals surface area contributed by atoms with E-state index in [1.807, 2.05) is 36.4 Å². The highest BCUT2D eigenvalue weighted by molar-refractivity contribution is 5.70. The SMILES string of the molecule is CCCc1cc(C=Cc2ccc(O)cc2)ccc1O. The second kappa shape index (κ2) is 6.10. The van der Waals surface area contributed by atoms with Gasteiger partial charge in [0.05, 0.1) is 0 Å². The van der Waals surface area contributed by atoms with Crippen molar-refractivity contribution in [2.24, 2.45) is 0 Å². The van der Waals surface area contributed by atoms with Crippen LogP contribution in [0.1, 0.15) is 30.0 Å². The Bertz CT molecular complexity index is 568. The standard InChI is InChI=1S/C17H18O2/c1-2-3-15-12-14(8-11-17(15)19)5-4-13-6-9-16(18)10-7-13/h4-12,18-19H,2-3H2,1H3. The molecule has 2 aromatic rings. The fraction of sp³-hybridized carbons (Fsp3) is 0.176. The van der Waals surface area contributed by atoms with Gasteiger partial charge in [0.25, 0.3) is 0 Å². The van der Waals surface area contributed by atoms with Crippen molar-refractivity contribution in [1.29, 1.82) is 0 Å². The van der Waals surface area contributed by atoms with Gasteiger partial charge in [0.2, 0.25) is 0 Å². The van der Waals surface area contributed by atoms with E-state index in [0.717, 1.165) is 29.5 Å². The zero-order chi connectivity index (χ0) is 13.7. The molecule has 0 fully saturated rings. The molecule has 2 rings (SSSR count). The molecule has 0 aliphatic heterocycles. The summed E-state index contributed by atoms with van der Waals surface area (Å²) in [6, 6.07) is 12.7. The Morgan fingerprint density at radius 3 is 2.21 bits per heavy atom. The molecule has 2 nitrogen and oxygen atoms in total. The highest BCUT2D eigenvalue weighted by Crippen LogP contribution is 2.21. The zero-order valence-corrected chi connectivity index (χ0v) is 11.0. The Morgan fingerprint density at radius 1 is 0.895 bits per heavy atom. The molecule has 2 heteroatoms. The summed E-state index contributed by atoms with van der Waals surface area (Å²) in [7, 11) is 0. The van der Waals surface area contributed by atoms with E-state index >= 15 is 0 Å². The quantitative estimate of drug-likeness (QED) is 0.802. The van der Waals surface area contributed by atoms with E-state index in [1.54, 1.807) is 18.2 Å². The van der Waals surface area contributed by atoms with E-state index in [-0.39, 0.29) is 5.75 Å². The lowest BCUT2D eigenvalue weighted by Crippen LogP contribution is -1.85. The van der Waals surface area contributed by atoms with Gasteiger partial charge >= 0.3 is 0 Å². The minimum absolute atomic E-state index is 0.270. The first-order valence-electron chi connectivity index (χ1n) is 6.48. The molecule has 0 atom stereocenters. The van der Waals surface area contributed by atoms with E-state index in [9.17, 15) is 10.2 Å². The maximum Gasteiger partial charge on any atom is 0.118 e. The van der Waals surface area contributed by atoms with Gasteiger partial charge in [0, 0.05) is 0 Å². The summed E-state index contributed by atoms with van der Waals surface area (Å²) in [5, 5.41) is 18.9. The topological polar surface area (TPSA) is 40.5 Å². The van der Waals surface area contributed by atoms with Crippen molar-refractivity contribution in [3.63, 3.8) is 0 Å². The third-order valence-corrected chi connectivity index (χ3v) is 2.98. The lowest BCUT2D eigenvalue weighted by molar-refractivity contribution is 0.467. The molecule has 0 saturated carbocycles. The number of aryl methyl sites for hydroxylation is 1. The molecular formula is C17H18O2. The molecule has 2 N–H and O–H groups in total. The molecule has 0 radical (unpaired) electrons. The van der Waals surface area contributed by atoms with E-state index in [4.69, 9.17) is 0 Å². The maximum absolute atomic E-state index is 9.73. The minimum atomic E-state index is 0.270. The number of phenolic OH excluding ortho intramolecular Hbond substituents is 2. The summed E-state index contributed by atoms with van der Waals surface area (Å²) in [4.78, 5) is 0. The number of phenols is 2. The van der Waals surface area contributed by atoms with E-state index in [0.29, 0.717) is 5.75 Å². The fourth-order valence-electron chi connectivity index (χ4n) is 1.96. The van der Waals surface area contributed by atoms with E-state index in [1.165, 1.54) is 0 Å². The van der Waals surface area contributed by atoms with Crippen molar-refractivity contribution in [2.75, 3.05) is 0 Å². The molecule has 0 bridgehead atoms. The Kier molecular flexibility index (Phi) is 4.24. The first kappa shape index (κ1) is 13.2. The van der Waals surface area contributed by atoms with Crippen LogP contribution in [0.4, 0.5) is 0 Å². The lowest BCUT2D eigenvalue weighted by atomic mass is 10.0. The van der Waals surface area contributed by atoms with Crippen LogP contribution >= 0.6 is 0 Å². The van der Waals surface area contributed by atoms with E-state index < -0.39 is 0 Å². The Hall–Kier alpha value is -2.22. The highest BCUT2D eigenvalue weighted by Gasteiger charge is 2.00. The summed E-state index contributed by atoms with van der Waals surface area (Å²) in [5.74, 6) is 0.635. The van der Waals surface area contributed by atoms with Gasteiger partial charge in [-0.2, -0.15) is 0 Å². The van der Waals surface area contributed by atoms with Crippen LogP contribution in [0.2, 0.25) is 0 Å². The van der Waals surface area contributed by atoms with Gasteiger partial charge in [0.15, 0.2) is 0 Å². The van der Waals surface area contributed by atoms with Crippen LogP contribution in [0.15, 0.2) is 42.5 Å². The molecule has 0 aliphatic rings. The number of hydrogen-bond donors (Lipinski definition) is 2. The first-order chi connectivity index (χ1) is 9.19. The Labute approximate surface area is 113 Å². The van der Waals surface area contributed by atoms with Crippen LogP contribution in [0.3, 0.4) is 0 Å². The zero-order valence-electron chi connectivity index (χ0n) is 11.0. The normalized spacial score (nSPS) is 11.0. The average Bonchev–Trinajstić information content (AvgIpc) is 2.42. The van der Waals surface area contributed by atoms with Crippen LogP contribution in [-0.4, -0.2) is 10.2 Å². The van der Waals surface area contributed by atoms with Gasteiger partial charge < -0.3 is 10.2 Å². The molecule has 0 heterocycles. The predicted octanol–water partition coefficient (Wildman–Crippen LogP) is 4.22. The molecule has 0 spiro atoms. The summed E-state index contributed by atoms with van der Waals surface area (Å²) in [6.07, 6.45) is 5.89. The van der Waals surface area contributed by atoms with Gasteiger partial charge in [-0.3, -0.25) is 0 Å². The van der Waals surface area contributed by atoms with Crippen molar-refractivity contribution in [2.45, 2.75) is 19.8 Å². The van der Waals surface area contributed by atoms with Crippen molar-refractivity contribution >= 4 is 12.2 Å². The van der Waals surface area contributed by atoms with E-state index in [2.05, 4.69) is 6.92 Å². The molecule has 2 aromatic carbocycles. The van der Waals surface area contributed by atoms with Crippen molar-refractivity contribution in [1.82, 2.24) is 0 Å². The monoisotopic (exact) mass is 254 g/mol. The molecule has 0 aliphatic carbocycles. The Balaban J connectivity index is 2.18. The molecule has 98 valence electrons. The number of hydrogen-bond acceptors (Lipinski definition) is 2.